The van der Waals surface area contributed by atoms with Crippen molar-refractivity contribution in [2.45, 2.75) is 13.0 Å². The molecule has 2 aromatic heterocycles. The Labute approximate surface area is 156 Å². The summed E-state index contributed by atoms with van der Waals surface area (Å²) in [4.78, 5) is 24.7. The maximum atomic E-state index is 12.1. The second kappa shape index (κ2) is 8.92. The Hall–Kier alpha value is -2.99. The lowest BCUT2D eigenvalue weighted by Gasteiger charge is -2.07. The van der Waals surface area contributed by atoms with Gasteiger partial charge in [0.15, 0.2) is 0 Å². The van der Waals surface area contributed by atoms with E-state index in [-0.39, 0.29) is 11.6 Å². The van der Waals surface area contributed by atoms with E-state index >= 15 is 0 Å². The fraction of sp³-hybridized carbons (Fsp3) is 0.158. The highest BCUT2D eigenvalue weighted by Gasteiger charge is 2.07. The molecule has 2 heterocycles. The highest BCUT2D eigenvalue weighted by molar-refractivity contribution is 6.30. The van der Waals surface area contributed by atoms with Gasteiger partial charge in [-0.1, -0.05) is 29.8 Å². The molecule has 0 atom stereocenters. The number of rotatable bonds is 7. The van der Waals surface area contributed by atoms with Gasteiger partial charge >= 0.3 is 0 Å². The lowest BCUT2D eigenvalue weighted by Crippen LogP contribution is -2.26. The summed E-state index contributed by atoms with van der Waals surface area (Å²) in [5, 5.41) is 6.65. The maximum Gasteiger partial charge on any atom is 0.271 e. The van der Waals surface area contributed by atoms with Crippen LogP contribution in [0.3, 0.4) is 0 Å². The molecule has 0 saturated heterocycles. The number of carbonyl (C=O) groups is 1. The van der Waals surface area contributed by atoms with E-state index in [0.29, 0.717) is 23.9 Å². The molecule has 0 bridgehead atoms. The Morgan fingerprint density at radius 1 is 1.00 bits per heavy atom. The molecule has 26 heavy (non-hydrogen) atoms. The minimum atomic E-state index is -0.247. The Morgan fingerprint density at radius 3 is 2.54 bits per heavy atom. The van der Waals surface area contributed by atoms with Gasteiger partial charge < -0.3 is 10.6 Å². The normalized spacial score (nSPS) is 10.3. The molecule has 0 aliphatic heterocycles. The topological polar surface area (TPSA) is 79.8 Å². The zero-order chi connectivity index (χ0) is 18.2. The first-order valence-corrected chi connectivity index (χ1v) is 8.57. The van der Waals surface area contributed by atoms with Gasteiger partial charge in [-0.3, -0.25) is 9.78 Å². The third-order valence-corrected chi connectivity index (χ3v) is 3.93. The minimum Gasteiger partial charge on any atom is -0.363 e. The van der Waals surface area contributed by atoms with Crippen molar-refractivity contribution in [3.05, 3.63) is 83.0 Å². The summed E-state index contributed by atoms with van der Waals surface area (Å²) in [6, 6.07) is 13.3. The van der Waals surface area contributed by atoms with Crippen molar-refractivity contribution >= 4 is 23.3 Å². The fourth-order valence-electron chi connectivity index (χ4n) is 2.28. The summed E-state index contributed by atoms with van der Waals surface area (Å²) in [7, 11) is 0. The van der Waals surface area contributed by atoms with Crippen molar-refractivity contribution < 1.29 is 4.79 Å². The van der Waals surface area contributed by atoms with Gasteiger partial charge in [0.2, 0.25) is 0 Å². The summed E-state index contributed by atoms with van der Waals surface area (Å²) in [5.74, 6) is 0.344. The second-order valence-corrected chi connectivity index (χ2v) is 6.03. The highest BCUT2D eigenvalue weighted by Crippen LogP contribution is 2.09. The summed E-state index contributed by atoms with van der Waals surface area (Å²) < 4.78 is 0. The first-order valence-electron chi connectivity index (χ1n) is 8.19. The van der Waals surface area contributed by atoms with Crippen molar-refractivity contribution in [1.29, 1.82) is 0 Å². The van der Waals surface area contributed by atoms with Crippen molar-refractivity contribution in [1.82, 2.24) is 20.3 Å². The molecule has 0 radical (unpaired) electrons. The summed E-state index contributed by atoms with van der Waals surface area (Å²) in [6.45, 7) is 1.06. The molecule has 0 aliphatic rings. The van der Waals surface area contributed by atoms with E-state index in [1.54, 1.807) is 6.20 Å². The van der Waals surface area contributed by atoms with Crippen LogP contribution in [0.1, 0.15) is 21.7 Å². The van der Waals surface area contributed by atoms with E-state index in [4.69, 9.17) is 11.6 Å². The first-order chi connectivity index (χ1) is 12.7. The fourth-order valence-corrected chi connectivity index (χ4v) is 2.41. The Balaban J connectivity index is 1.46. The summed E-state index contributed by atoms with van der Waals surface area (Å²) >= 11 is 5.85. The third kappa shape index (κ3) is 5.26. The van der Waals surface area contributed by atoms with E-state index < -0.39 is 0 Å². The quantitative estimate of drug-likeness (QED) is 0.670. The smallest absolute Gasteiger partial charge is 0.271 e. The number of amides is 1. The molecule has 3 aromatic rings. The standard InChI is InChI=1S/C19H18ClN5O/c20-15-6-4-14(5-7-15)8-10-22-19(26)17-12-25-18(13-23-17)24-11-16-3-1-2-9-21-16/h1-7,9,12-13H,8,10-11H2,(H,22,26)(H,24,25). The highest BCUT2D eigenvalue weighted by atomic mass is 35.5. The predicted octanol–water partition coefficient (Wildman–Crippen LogP) is 3.11. The van der Waals surface area contributed by atoms with Crippen LogP contribution >= 0.6 is 11.6 Å². The number of nitrogens with zero attached hydrogens (tertiary/aromatic N) is 3. The zero-order valence-electron chi connectivity index (χ0n) is 14.0. The van der Waals surface area contributed by atoms with Crippen LogP contribution in [0, 0.1) is 0 Å². The molecular weight excluding hydrogens is 350 g/mol. The monoisotopic (exact) mass is 367 g/mol. The summed E-state index contributed by atoms with van der Waals surface area (Å²) in [6.07, 6.45) is 5.45. The lowest BCUT2D eigenvalue weighted by atomic mass is 10.1. The van der Waals surface area contributed by atoms with E-state index in [0.717, 1.165) is 17.7 Å². The molecule has 3 rings (SSSR count). The number of halogens is 1. The van der Waals surface area contributed by atoms with Gasteiger partial charge in [0.05, 0.1) is 24.6 Å². The SMILES string of the molecule is O=C(NCCc1ccc(Cl)cc1)c1cnc(NCc2ccccn2)cn1. The average molecular weight is 368 g/mol. The number of hydrogen-bond acceptors (Lipinski definition) is 5. The molecule has 0 spiro atoms. The van der Waals surface area contributed by atoms with Crippen molar-refractivity contribution in [2.75, 3.05) is 11.9 Å². The van der Waals surface area contributed by atoms with Crippen LogP contribution in [0.5, 0.6) is 0 Å². The van der Waals surface area contributed by atoms with Gasteiger partial charge in [-0.15, -0.1) is 0 Å². The molecule has 0 saturated carbocycles. The molecule has 0 fully saturated rings. The van der Waals surface area contributed by atoms with E-state index in [2.05, 4.69) is 25.6 Å². The average Bonchev–Trinajstić information content (AvgIpc) is 2.69. The largest absolute Gasteiger partial charge is 0.363 e. The molecule has 132 valence electrons. The molecule has 1 aromatic carbocycles. The van der Waals surface area contributed by atoms with E-state index in [1.165, 1.54) is 12.4 Å². The second-order valence-electron chi connectivity index (χ2n) is 5.59. The van der Waals surface area contributed by atoms with Gasteiger partial charge in [0.1, 0.15) is 11.5 Å². The van der Waals surface area contributed by atoms with Crippen LogP contribution in [0.25, 0.3) is 0 Å². The first kappa shape index (κ1) is 17.8. The van der Waals surface area contributed by atoms with Crippen molar-refractivity contribution in [3.63, 3.8) is 0 Å². The van der Waals surface area contributed by atoms with Crippen molar-refractivity contribution in [2.24, 2.45) is 0 Å². The van der Waals surface area contributed by atoms with Gasteiger partial charge in [-0.05, 0) is 36.2 Å². The van der Waals surface area contributed by atoms with Gasteiger partial charge in [0.25, 0.3) is 5.91 Å². The van der Waals surface area contributed by atoms with Crippen LogP contribution in [0.15, 0.2) is 61.1 Å². The number of pyridine rings is 1. The Morgan fingerprint density at radius 2 is 1.85 bits per heavy atom. The van der Waals surface area contributed by atoms with Crippen LogP contribution in [-0.4, -0.2) is 27.4 Å². The number of nitrogens with one attached hydrogen (secondary N) is 2. The van der Waals surface area contributed by atoms with Gasteiger partial charge in [-0.25, -0.2) is 9.97 Å². The van der Waals surface area contributed by atoms with E-state index in [9.17, 15) is 4.79 Å². The summed E-state index contributed by atoms with van der Waals surface area (Å²) in [5.41, 5.74) is 2.29. The zero-order valence-corrected chi connectivity index (χ0v) is 14.8. The minimum absolute atomic E-state index is 0.247. The maximum absolute atomic E-state index is 12.1. The lowest BCUT2D eigenvalue weighted by molar-refractivity contribution is 0.0949. The Kier molecular flexibility index (Phi) is 6.11. The third-order valence-electron chi connectivity index (χ3n) is 3.67. The molecule has 0 unspecified atom stereocenters. The molecule has 0 aliphatic carbocycles. The molecule has 6 nitrogen and oxygen atoms in total. The molecule has 1 amide bonds. The Bertz CT molecular complexity index is 838. The molecule has 2 N–H and O–H groups in total. The van der Waals surface area contributed by atoms with E-state index in [1.807, 2.05) is 42.5 Å². The van der Waals surface area contributed by atoms with Crippen LogP contribution < -0.4 is 10.6 Å². The number of anilines is 1. The van der Waals surface area contributed by atoms with Gasteiger partial charge in [-0.2, -0.15) is 0 Å². The number of aromatic nitrogens is 3. The number of hydrogen-bond donors (Lipinski definition) is 2. The van der Waals surface area contributed by atoms with Gasteiger partial charge in [0, 0.05) is 17.8 Å². The van der Waals surface area contributed by atoms with Crippen LogP contribution in [0.4, 0.5) is 5.82 Å². The molecule has 7 heteroatoms. The predicted molar refractivity (Wildman–Crippen MR) is 101 cm³/mol. The molecular formula is C19H18ClN5O. The van der Waals surface area contributed by atoms with Crippen molar-refractivity contribution in [3.8, 4) is 0 Å². The van der Waals surface area contributed by atoms with Crippen LogP contribution in [0.2, 0.25) is 5.02 Å². The number of carbonyl (C=O) groups excluding carboxylic acids is 1. The van der Waals surface area contributed by atoms with Crippen LogP contribution in [-0.2, 0) is 13.0 Å². The number of benzene rings is 1.